The fourth-order valence-electron chi connectivity index (χ4n) is 2.59. The van der Waals surface area contributed by atoms with E-state index in [-0.39, 0.29) is 6.54 Å². The summed E-state index contributed by atoms with van der Waals surface area (Å²) in [6.07, 6.45) is -0.0869. The predicted octanol–water partition coefficient (Wildman–Crippen LogP) is 3.41. The Bertz CT molecular complexity index is 579. The molecular weight excluding hydrogens is 350 g/mol. The summed E-state index contributed by atoms with van der Waals surface area (Å²) in [5.74, 6) is -0.916. The van der Waals surface area contributed by atoms with Crippen molar-refractivity contribution in [3.8, 4) is 0 Å². The third-order valence-corrected chi connectivity index (χ3v) is 4.26. The van der Waals surface area contributed by atoms with Crippen molar-refractivity contribution in [3.63, 3.8) is 0 Å². The summed E-state index contributed by atoms with van der Waals surface area (Å²) in [7, 11) is 0. The lowest BCUT2D eigenvalue weighted by Crippen LogP contribution is -2.42. The largest absolute Gasteiger partial charge is 0.481 e. The van der Waals surface area contributed by atoms with Crippen molar-refractivity contribution >= 4 is 28.0 Å². The van der Waals surface area contributed by atoms with Gasteiger partial charge in [-0.15, -0.1) is 0 Å². The Labute approximate surface area is 138 Å². The smallest absolute Gasteiger partial charge is 0.410 e. The third kappa shape index (κ3) is 3.43. The molecule has 1 atom stereocenters. The van der Waals surface area contributed by atoms with Crippen molar-refractivity contribution in [2.45, 2.75) is 38.2 Å². The lowest BCUT2D eigenvalue weighted by molar-refractivity contribution is -0.143. The molecule has 0 saturated carbocycles. The number of carbonyl (C=O) groups is 2. The zero-order valence-corrected chi connectivity index (χ0v) is 14.5. The zero-order chi connectivity index (χ0) is 16.5. The number of halogens is 1. The van der Waals surface area contributed by atoms with Gasteiger partial charge in [0, 0.05) is 17.6 Å². The molecular formula is C16H20BrNO4. The van der Waals surface area contributed by atoms with Gasteiger partial charge in [0.05, 0.1) is 0 Å². The van der Waals surface area contributed by atoms with E-state index >= 15 is 0 Å². The van der Waals surface area contributed by atoms with Crippen LogP contribution in [0, 0.1) is 0 Å². The first-order chi connectivity index (χ1) is 10.1. The van der Waals surface area contributed by atoms with Crippen LogP contribution in [0.1, 0.15) is 32.8 Å². The van der Waals surface area contributed by atoms with Crippen molar-refractivity contribution < 1.29 is 19.4 Å². The second kappa shape index (κ2) is 5.91. The van der Waals surface area contributed by atoms with Gasteiger partial charge in [-0.2, -0.15) is 0 Å². The lowest BCUT2D eigenvalue weighted by atomic mass is 9.80. The summed E-state index contributed by atoms with van der Waals surface area (Å²) in [6.45, 7) is 5.87. The van der Waals surface area contributed by atoms with Gasteiger partial charge in [0.1, 0.15) is 11.0 Å². The normalized spacial score (nSPS) is 21.7. The van der Waals surface area contributed by atoms with Gasteiger partial charge in [0.15, 0.2) is 0 Å². The molecule has 1 aliphatic rings. The van der Waals surface area contributed by atoms with Crippen molar-refractivity contribution in [1.29, 1.82) is 0 Å². The van der Waals surface area contributed by atoms with Crippen molar-refractivity contribution in [2.24, 2.45) is 0 Å². The van der Waals surface area contributed by atoms with E-state index in [1.165, 1.54) is 4.90 Å². The van der Waals surface area contributed by atoms with Gasteiger partial charge in [-0.25, -0.2) is 4.79 Å². The fourth-order valence-corrected chi connectivity index (χ4v) is 2.86. The summed E-state index contributed by atoms with van der Waals surface area (Å²) in [6, 6.07) is 7.21. The SMILES string of the molecule is CC(C)(C)OC(=O)N1CCC(C(=O)O)(c2ccc(Br)cc2)C1. The highest BCUT2D eigenvalue weighted by atomic mass is 79.9. The number of aliphatic carboxylic acids is 1. The first-order valence-corrected chi connectivity index (χ1v) is 7.91. The minimum absolute atomic E-state index is 0.124. The fraction of sp³-hybridized carbons (Fsp3) is 0.500. The van der Waals surface area contributed by atoms with E-state index < -0.39 is 23.1 Å². The molecule has 1 unspecified atom stereocenters. The topological polar surface area (TPSA) is 66.8 Å². The summed E-state index contributed by atoms with van der Waals surface area (Å²) in [5.41, 5.74) is -0.963. The Morgan fingerprint density at radius 3 is 2.36 bits per heavy atom. The molecule has 5 nitrogen and oxygen atoms in total. The van der Waals surface area contributed by atoms with Crippen molar-refractivity contribution in [2.75, 3.05) is 13.1 Å². The molecule has 1 amide bonds. The van der Waals surface area contributed by atoms with Gasteiger partial charge in [-0.1, -0.05) is 28.1 Å². The highest BCUT2D eigenvalue weighted by molar-refractivity contribution is 9.10. The van der Waals surface area contributed by atoms with Gasteiger partial charge in [-0.05, 0) is 44.9 Å². The molecule has 6 heteroatoms. The van der Waals surface area contributed by atoms with Crippen molar-refractivity contribution in [3.05, 3.63) is 34.3 Å². The average Bonchev–Trinajstić information content (AvgIpc) is 2.84. The molecule has 0 bridgehead atoms. The summed E-state index contributed by atoms with van der Waals surface area (Å²) >= 11 is 3.34. The molecule has 2 rings (SSSR count). The molecule has 1 saturated heterocycles. The van der Waals surface area contributed by atoms with E-state index in [1.54, 1.807) is 32.9 Å². The van der Waals surface area contributed by atoms with Crippen LogP contribution in [-0.4, -0.2) is 40.8 Å². The van der Waals surface area contributed by atoms with Crippen LogP contribution in [0.25, 0.3) is 0 Å². The summed E-state index contributed by atoms with van der Waals surface area (Å²) in [5, 5.41) is 9.73. The number of benzene rings is 1. The molecule has 0 spiro atoms. The maximum Gasteiger partial charge on any atom is 0.410 e. The van der Waals surface area contributed by atoms with E-state index in [1.807, 2.05) is 12.1 Å². The molecule has 120 valence electrons. The lowest BCUT2D eigenvalue weighted by Gasteiger charge is -2.27. The second-order valence-electron chi connectivity index (χ2n) is 6.55. The van der Waals surface area contributed by atoms with E-state index in [0.29, 0.717) is 18.5 Å². The molecule has 1 heterocycles. The molecule has 22 heavy (non-hydrogen) atoms. The van der Waals surface area contributed by atoms with Crippen LogP contribution in [0.3, 0.4) is 0 Å². The number of ether oxygens (including phenoxy) is 1. The van der Waals surface area contributed by atoms with E-state index in [0.717, 1.165) is 4.47 Å². The number of nitrogens with zero attached hydrogens (tertiary/aromatic N) is 1. The number of rotatable bonds is 2. The average molecular weight is 370 g/mol. The van der Waals surface area contributed by atoms with Gasteiger partial charge in [0.2, 0.25) is 0 Å². The third-order valence-electron chi connectivity index (χ3n) is 3.73. The van der Waals surface area contributed by atoms with Crippen LogP contribution < -0.4 is 0 Å². The number of hydrogen-bond donors (Lipinski definition) is 1. The van der Waals surface area contributed by atoms with Gasteiger partial charge in [0.25, 0.3) is 0 Å². The first-order valence-electron chi connectivity index (χ1n) is 7.11. The van der Waals surface area contributed by atoms with E-state index in [4.69, 9.17) is 4.74 Å². The maximum absolute atomic E-state index is 12.2. The first kappa shape index (κ1) is 16.8. The quantitative estimate of drug-likeness (QED) is 0.867. The van der Waals surface area contributed by atoms with Crippen LogP contribution in [0.15, 0.2) is 28.7 Å². The highest BCUT2D eigenvalue weighted by Crippen LogP contribution is 2.36. The Hall–Kier alpha value is -1.56. The van der Waals surface area contributed by atoms with E-state index in [9.17, 15) is 14.7 Å². The molecule has 1 aliphatic heterocycles. The summed E-state index contributed by atoms with van der Waals surface area (Å²) < 4.78 is 6.22. The summed E-state index contributed by atoms with van der Waals surface area (Å²) in [4.78, 5) is 25.5. The number of carboxylic acid groups (broad SMARTS) is 1. The minimum atomic E-state index is -1.07. The minimum Gasteiger partial charge on any atom is -0.481 e. The number of carbonyl (C=O) groups excluding carboxylic acids is 1. The van der Waals surface area contributed by atoms with Gasteiger partial charge in [-0.3, -0.25) is 4.79 Å². The van der Waals surface area contributed by atoms with Crippen LogP contribution >= 0.6 is 15.9 Å². The monoisotopic (exact) mass is 369 g/mol. The maximum atomic E-state index is 12.2. The van der Waals surface area contributed by atoms with Crippen LogP contribution in [0.5, 0.6) is 0 Å². The number of carboxylic acids is 1. The second-order valence-corrected chi connectivity index (χ2v) is 7.46. The Morgan fingerprint density at radius 1 is 1.27 bits per heavy atom. The molecule has 0 radical (unpaired) electrons. The molecule has 1 aromatic rings. The van der Waals surface area contributed by atoms with Crippen LogP contribution in [0.2, 0.25) is 0 Å². The molecule has 1 aromatic carbocycles. The highest BCUT2D eigenvalue weighted by Gasteiger charge is 2.48. The van der Waals surface area contributed by atoms with Crippen LogP contribution in [0.4, 0.5) is 4.79 Å². The number of amides is 1. The Balaban J connectivity index is 2.23. The predicted molar refractivity (Wildman–Crippen MR) is 85.9 cm³/mol. The number of hydrogen-bond acceptors (Lipinski definition) is 3. The molecule has 0 aromatic heterocycles. The molecule has 1 fully saturated rings. The van der Waals surface area contributed by atoms with E-state index in [2.05, 4.69) is 15.9 Å². The zero-order valence-electron chi connectivity index (χ0n) is 12.9. The Morgan fingerprint density at radius 2 is 1.86 bits per heavy atom. The van der Waals surface area contributed by atoms with Gasteiger partial charge < -0.3 is 14.7 Å². The number of likely N-dealkylation sites (tertiary alicyclic amines) is 1. The Kier molecular flexibility index (Phi) is 4.52. The molecule has 1 N–H and O–H groups in total. The van der Waals surface area contributed by atoms with Crippen LogP contribution in [-0.2, 0) is 14.9 Å². The standard InChI is InChI=1S/C16H20BrNO4/c1-15(2,3)22-14(21)18-9-8-16(10-18,13(19)20)11-4-6-12(17)7-5-11/h4-7H,8-10H2,1-3H3,(H,19,20). The van der Waals surface area contributed by atoms with Crippen molar-refractivity contribution in [1.82, 2.24) is 4.90 Å². The van der Waals surface area contributed by atoms with Gasteiger partial charge >= 0.3 is 12.1 Å². The molecule has 0 aliphatic carbocycles.